The molecule has 4 nitrogen and oxygen atoms in total. The average molecular weight is 261 g/mol. The first-order valence-corrected chi connectivity index (χ1v) is 6.74. The first-order valence-electron chi connectivity index (χ1n) is 6.74. The zero-order chi connectivity index (χ0) is 14.0. The lowest BCUT2D eigenvalue weighted by atomic mass is 10.1. The van der Waals surface area contributed by atoms with Gasteiger partial charge >= 0.3 is 0 Å². The summed E-state index contributed by atoms with van der Waals surface area (Å²) in [5.74, 6) is 1.57. The highest BCUT2D eigenvalue weighted by Crippen LogP contribution is 2.35. The van der Waals surface area contributed by atoms with Gasteiger partial charge in [-0.05, 0) is 50.4 Å². The summed E-state index contributed by atoms with van der Waals surface area (Å²) in [6.07, 6.45) is 2.71. The Bertz CT molecular complexity index is 468. The molecule has 3 N–H and O–H groups in total. The van der Waals surface area contributed by atoms with E-state index in [1.54, 1.807) is 7.11 Å². The van der Waals surface area contributed by atoms with E-state index in [-0.39, 0.29) is 5.84 Å². The summed E-state index contributed by atoms with van der Waals surface area (Å²) in [4.78, 5) is 2.36. The molecular formula is C15H23N3O. The van der Waals surface area contributed by atoms with E-state index < -0.39 is 0 Å². The van der Waals surface area contributed by atoms with Gasteiger partial charge in [-0.3, -0.25) is 10.3 Å². The summed E-state index contributed by atoms with van der Waals surface area (Å²) < 4.78 is 5.23. The molecule has 0 aliphatic heterocycles. The standard InChI is InChI=1S/C15H23N3O/c1-10(12-5-6-12)18(2)9-11-4-7-14(19-3)13(8-11)15(16)17/h4,7-8,10,12H,5-6,9H2,1-3H3,(H3,16,17). The topological polar surface area (TPSA) is 62.3 Å². The molecule has 1 unspecified atom stereocenters. The predicted octanol–water partition coefficient (Wildman–Crippen LogP) is 2.21. The van der Waals surface area contributed by atoms with Crippen LogP contribution < -0.4 is 10.5 Å². The van der Waals surface area contributed by atoms with Crippen molar-refractivity contribution < 1.29 is 4.74 Å². The highest BCUT2D eigenvalue weighted by Gasteiger charge is 2.30. The Hall–Kier alpha value is -1.55. The fourth-order valence-electron chi connectivity index (χ4n) is 2.43. The number of hydrogen-bond donors (Lipinski definition) is 2. The van der Waals surface area contributed by atoms with Crippen LogP contribution in [0, 0.1) is 11.3 Å². The zero-order valence-corrected chi connectivity index (χ0v) is 11.9. The normalized spacial score (nSPS) is 16.4. The molecule has 1 atom stereocenters. The maximum absolute atomic E-state index is 7.61. The van der Waals surface area contributed by atoms with Crippen molar-refractivity contribution in [1.29, 1.82) is 5.41 Å². The first-order chi connectivity index (χ1) is 9.02. The molecular weight excluding hydrogens is 238 g/mol. The first kappa shape index (κ1) is 13.9. The zero-order valence-electron chi connectivity index (χ0n) is 11.9. The second-order valence-corrected chi connectivity index (χ2v) is 5.44. The number of nitrogens with zero attached hydrogens (tertiary/aromatic N) is 1. The number of rotatable bonds is 6. The van der Waals surface area contributed by atoms with E-state index in [4.69, 9.17) is 15.9 Å². The van der Waals surface area contributed by atoms with Crippen LogP contribution in [0.3, 0.4) is 0 Å². The van der Waals surface area contributed by atoms with E-state index in [9.17, 15) is 0 Å². The van der Waals surface area contributed by atoms with Gasteiger partial charge in [0.05, 0.1) is 12.7 Å². The molecule has 0 spiro atoms. The van der Waals surface area contributed by atoms with E-state index in [0.29, 0.717) is 17.4 Å². The van der Waals surface area contributed by atoms with Crippen molar-refractivity contribution in [2.45, 2.75) is 32.4 Å². The lowest BCUT2D eigenvalue weighted by molar-refractivity contribution is 0.226. The molecule has 1 aromatic rings. The smallest absolute Gasteiger partial charge is 0.129 e. The molecule has 19 heavy (non-hydrogen) atoms. The van der Waals surface area contributed by atoms with Crippen molar-refractivity contribution in [1.82, 2.24) is 4.90 Å². The molecule has 4 heteroatoms. The minimum Gasteiger partial charge on any atom is -0.496 e. The van der Waals surface area contributed by atoms with Crippen molar-refractivity contribution in [2.75, 3.05) is 14.2 Å². The lowest BCUT2D eigenvalue weighted by Gasteiger charge is -2.25. The quantitative estimate of drug-likeness (QED) is 0.609. The Labute approximate surface area is 115 Å². The minimum atomic E-state index is 0.0524. The van der Waals surface area contributed by atoms with Crippen LogP contribution in [0.25, 0.3) is 0 Å². The minimum absolute atomic E-state index is 0.0524. The van der Waals surface area contributed by atoms with Gasteiger partial charge in [-0.2, -0.15) is 0 Å². The molecule has 2 rings (SSSR count). The third-order valence-corrected chi connectivity index (χ3v) is 3.99. The highest BCUT2D eigenvalue weighted by molar-refractivity contribution is 5.97. The Balaban J connectivity index is 2.11. The van der Waals surface area contributed by atoms with Crippen molar-refractivity contribution in [3.8, 4) is 5.75 Å². The van der Waals surface area contributed by atoms with Gasteiger partial charge in [-0.25, -0.2) is 0 Å². The van der Waals surface area contributed by atoms with Crippen LogP contribution in [0.4, 0.5) is 0 Å². The van der Waals surface area contributed by atoms with Crippen LogP contribution in [0.2, 0.25) is 0 Å². The van der Waals surface area contributed by atoms with Gasteiger partial charge in [0.1, 0.15) is 11.6 Å². The van der Waals surface area contributed by atoms with Crippen molar-refractivity contribution in [3.05, 3.63) is 29.3 Å². The second kappa shape index (κ2) is 5.61. The average Bonchev–Trinajstić information content (AvgIpc) is 3.21. The van der Waals surface area contributed by atoms with E-state index in [1.165, 1.54) is 18.4 Å². The number of nitrogens with one attached hydrogen (secondary N) is 1. The van der Waals surface area contributed by atoms with Gasteiger partial charge in [-0.1, -0.05) is 6.07 Å². The number of ether oxygens (including phenoxy) is 1. The highest BCUT2D eigenvalue weighted by atomic mass is 16.5. The Morgan fingerprint density at radius 3 is 2.74 bits per heavy atom. The third-order valence-electron chi connectivity index (χ3n) is 3.99. The number of benzene rings is 1. The number of nitrogens with two attached hydrogens (primary N) is 1. The Morgan fingerprint density at radius 2 is 2.21 bits per heavy atom. The van der Waals surface area contributed by atoms with Crippen LogP contribution in [-0.2, 0) is 6.54 Å². The summed E-state index contributed by atoms with van der Waals surface area (Å²) >= 11 is 0. The van der Waals surface area contributed by atoms with Crippen LogP contribution in [0.15, 0.2) is 18.2 Å². The fourth-order valence-corrected chi connectivity index (χ4v) is 2.43. The van der Waals surface area contributed by atoms with Crippen molar-refractivity contribution in [2.24, 2.45) is 11.7 Å². The van der Waals surface area contributed by atoms with Crippen LogP contribution in [0.5, 0.6) is 5.75 Å². The Morgan fingerprint density at radius 1 is 1.53 bits per heavy atom. The van der Waals surface area contributed by atoms with Gasteiger partial charge in [0.2, 0.25) is 0 Å². The largest absolute Gasteiger partial charge is 0.496 e. The van der Waals surface area contributed by atoms with Crippen LogP contribution in [-0.4, -0.2) is 30.9 Å². The van der Waals surface area contributed by atoms with Gasteiger partial charge in [0, 0.05) is 12.6 Å². The van der Waals surface area contributed by atoms with Crippen LogP contribution in [0.1, 0.15) is 30.9 Å². The number of methoxy groups -OCH3 is 1. The molecule has 0 heterocycles. The summed E-state index contributed by atoms with van der Waals surface area (Å²) in [5, 5.41) is 7.61. The number of nitrogen functional groups attached to an aromatic ring is 1. The molecule has 104 valence electrons. The van der Waals surface area contributed by atoms with Gasteiger partial charge in [0.25, 0.3) is 0 Å². The fraction of sp³-hybridized carbons (Fsp3) is 0.533. The maximum atomic E-state index is 7.61. The molecule has 1 aliphatic rings. The summed E-state index contributed by atoms with van der Waals surface area (Å²) in [5.41, 5.74) is 7.44. The molecule has 1 fully saturated rings. The number of hydrogen-bond acceptors (Lipinski definition) is 3. The van der Waals surface area contributed by atoms with Gasteiger partial charge < -0.3 is 10.5 Å². The van der Waals surface area contributed by atoms with E-state index in [0.717, 1.165) is 12.5 Å². The van der Waals surface area contributed by atoms with E-state index in [2.05, 4.69) is 18.9 Å². The maximum Gasteiger partial charge on any atom is 0.129 e. The molecule has 0 radical (unpaired) electrons. The summed E-state index contributed by atoms with van der Waals surface area (Å²) in [6, 6.07) is 6.50. The van der Waals surface area contributed by atoms with Crippen LogP contribution >= 0.6 is 0 Å². The Kier molecular flexibility index (Phi) is 4.10. The molecule has 1 aromatic carbocycles. The monoisotopic (exact) mass is 261 g/mol. The van der Waals surface area contributed by atoms with E-state index in [1.807, 2.05) is 18.2 Å². The van der Waals surface area contributed by atoms with Gasteiger partial charge in [0.15, 0.2) is 0 Å². The molecule has 1 aliphatic carbocycles. The molecule has 0 aromatic heterocycles. The van der Waals surface area contributed by atoms with Crippen molar-refractivity contribution >= 4 is 5.84 Å². The predicted molar refractivity (Wildman–Crippen MR) is 77.7 cm³/mol. The third kappa shape index (κ3) is 3.26. The molecule has 0 amide bonds. The van der Waals surface area contributed by atoms with E-state index >= 15 is 0 Å². The summed E-state index contributed by atoms with van der Waals surface area (Å²) in [6.45, 7) is 3.16. The SMILES string of the molecule is COc1ccc(CN(C)C(C)C2CC2)cc1C(=N)N. The lowest BCUT2D eigenvalue weighted by Crippen LogP contribution is -2.30. The second-order valence-electron chi connectivity index (χ2n) is 5.44. The number of amidine groups is 1. The molecule has 0 saturated heterocycles. The summed E-state index contributed by atoms with van der Waals surface area (Å²) in [7, 11) is 3.75. The molecule has 0 bridgehead atoms. The van der Waals surface area contributed by atoms with Gasteiger partial charge in [-0.15, -0.1) is 0 Å². The van der Waals surface area contributed by atoms with Crippen molar-refractivity contribution in [3.63, 3.8) is 0 Å². The molecule has 1 saturated carbocycles.